The molecule has 0 aliphatic carbocycles. The zero-order valence-electron chi connectivity index (χ0n) is 13.3. The van der Waals surface area contributed by atoms with Gasteiger partial charge in [0.15, 0.2) is 0 Å². The first kappa shape index (κ1) is 17.7. The van der Waals surface area contributed by atoms with Crippen molar-refractivity contribution in [1.29, 1.82) is 0 Å². The first-order valence-corrected chi connectivity index (χ1v) is 8.46. The highest BCUT2D eigenvalue weighted by Crippen LogP contribution is 2.13. The maximum Gasteiger partial charge on any atom is -0.0323 e. The number of allylic oxidation sites excluding steroid dienone is 2. The van der Waals surface area contributed by atoms with Gasteiger partial charge in [0.1, 0.15) is 0 Å². The Hall–Kier alpha value is -0.260. The molecule has 0 radical (unpaired) electrons. The molecule has 0 saturated heterocycles. The fourth-order valence-corrected chi connectivity index (χ4v) is 2.38. The van der Waals surface area contributed by atoms with E-state index in [0.717, 1.165) is 0 Å². The van der Waals surface area contributed by atoms with Crippen molar-refractivity contribution in [2.45, 2.75) is 104 Å². The van der Waals surface area contributed by atoms with Crippen LogP contribution in [0.2, 0.25) is 0 Å². The van der Waals surface area contributed by atoms with Crippen LogP contribution < -0.4 is 0 Å². The maximum atomic E-state index is 2.48. The molecular formula is C18H36. The predicted molar refractivity (Wildman–Crippen MR) is 85.1 cm³/mol. The lowest BCUT2D eigenvalue weighted by molar-refractivity contribution is 0.591. The maximum absolute atomic E-state index is 2.48. The molecule has 0 bridgehead atoms. The third-order valence-electron chi connectivity index (χ3n) is 3.73. The van der Waals surface area contributed by atoms with Gasteiger partial charge in [-0.2, -0.15) is 0 Å². The summed E-state index contributed by atoms with van der Waals surface area (Å²) in [6.07, 6.45) is 20.7. The average molecular weight is 252 g/mol. The minimum Gasteiger partial charge on any atom is -0.0856 e. The summed E-state index contributed by atoms with van der Waals surface area (Å²) in [7, 11) is 0. The number of rotatable bonds is 13. The van der Waals surface area contributed by atoms with Crippen molar-refractivity contribution in [2.75, 3.05) is 0 Å². The molecule has 0 heterocycles. The van der Waals surface area contributed by atoms with Crippen LogP contribution >= 0.6 is 0 Å². The van der Waals surface area contributed by atoms with Gasteiger partial charge in [-0.1, -0.05) is 83.3 Å². The van der Waals surface area contributed by atoms with Crippen molar-refractivity contribution in [1.82, 2.24) is 0 Å². The molecule has 0 fully saturated rings. The zero-order valence-corrected chi connectivity index (χ0v) is 13.3. The number of unbranched alkanes of at least 4 members (excludes halogenated alkanes) is 10. The highest BCUT2D eigenvalue weighted by atomic mass is 14.0. The van der Waals surface area contributed by atoms with Crippen LogP contribution in [-0.4, -0.2) is 0 Å². The van der Waals surface area contributed by atoms with Gasteiger partial charge >= 0.3 is 0 Å². The van der Waals surface area contributed by atoms with E-state index in [-0.39, 0.29) is 0 Å². The minimum atomic E-state index is 1.31. The minimum absolute atomic E-state index is 1.31. The number of hydrogen-bond acceptors (Lipinski definition) is 0. The molecule has 0 heteroatoms. The van der Waals surface area contributed by atoms with E-state index in [1.54, 1.807) is 5.57 Å². The van der Waals surface area contributed by atoms with Crippen LogP contribution in [0, 0.1) is 0 Å². The fourth-order valence-electron chi connectivity index (χ4n) is 2.38. The Morgan fingerprint density at radius 1 is 0.667 bits per heavy atom. The molecular weight excluding hydrogens is 216 g/mol. The summed E-state index contributed by atoms with van der Waals surface area (Å²) < 4.78 is 0. The summed E-state index contributed by atoms with van der Waals surface area (Å²) in [4.78, 5) is 0. The van der Waals surface area contributed by atoms with E-state index in [1.165, 1.54) is 83.5 Å². The van der Waals surface area contributed by atoms with Crippen molar-refractivity contribution in [3.05, 3.63) is 11.6 Å². The van der Waals surface area contributed by atoms with E-state index in [9.17, 15) is 0 Å². The molecule has 0 spiro atoms. The largest absolute Gasteiger partial charge is 0.0856 e. The monoisotopic (exact) mass is 252 g/mol. The smallest absolute Gasteiger partial charge is 0.0323 e. The van der Waals surface area contributed by atoms with Gasteiger partial charge in [-0.3, -0.25) is 0 Å². The van der Waals surface area contributed by atoms with Gasteiger partial charge < -0.3 is 0 Å². The summed E-state index contributed by atoms with van der Waals surface area (Å²) in [6, 6.07) is 0. The van der Waals surface area contributed by atoms with Crippen molar-refractivity contribution in [3.63, 3.8) is 0 Å². The lowest BCUT2D eigenvalue weighted by Gasteiger charge is -2.02. The average Bonchev–Trinajstić information content (AvgIpc) is 2.38. The summed E-state index contributed by atoms with van der Waals surface area (Å²) in [5.41, 5.74) is 1.62. The van der Waals surface area contributed by atoms with E-state index in [4.69, 9.17) is 0 Å². The standard InChI is InChI=1S/C18H36/c1-4-6-8-10-11-12-13-15-17-18(3)16-14-9-7-5-2/h17H,4-16H2,1-3H3. The second-order valence-corrected chi connectivity index (χ2v) is 5.77. The molecule has 0 aromatic heterocycles. The van der Waals surface area contributed by atoms with E-state index >= 15 is 0 Å². The molecule has 18 heavy (non-hydrogen) atoms. The third kappa shape index (κ3) is 13.8. The second kappa shape index (κ2) is 14.8. The van der Waals surface area contributed by atoms with Gasteiger partial charge in [-0.15, -0.1) is 0 Å². The lowest BCUT2D eigenvalue weighted by atomic mass is 10.0. The zero-order chi connectivity index (χ0) is 13.5. The molecule has 0 amide bonds. The lowest BCUT2D eigenvalue weighted by Crippen LogP contribution is -1.82. The molecule has 0 aromatic carbocycles. The van der Waals surface area contributed by atoms with Crippen LogP contribution in [0.3, 0.4) is 0 Å². The van der Waals surface area contributed by atoms with E-state index in [2.05, 4.69) is 26.8 Å². The van der Waals surface area contributed by atoms with Crippen molar-refractivity contribution in [3.8, 4) is 0 Å². The quantitative estimate of drug-likeness (QED) is 0.243. The molecule has 0 saturated carbocycles. The molecule has 0 atom stereocenters. The van der Waals surface area contributed by atoms with Crippen LogP contribution in [0.25, 0.3) is 0 Å². The SMILES string of the molecule is CCCCCCCCCC=C(C)CCCCCC. The second-order valence-electron chi connectivity index (χ2n) is 5.77. The van der Waals surface area contributed by atoms with Crippen LogP contribution in [-0.2, 0) is 0 Å². The molecule has 108 valence electrons. The first-order valence-electron chi connectivity index (χ1n) is 8.46. The molecule has 0 rings (SSSR count). The van der Waals surface area contributed by atoms with Crippen molar-refractivity contribution < 1.29 is 0 Å². The Morgan fingerprint density at radius 3 is 1.78 bits per heavy atom. The highest BCUT2D eigenvalue weighted by Gasteiger charge is 1.93. The van der Waals surface area contributed by atoms with Gasteiger partial charge in [0.25, 0.3) is 0 Å². The summed E-state index contributed by atoms with van der Waals surface area (Å²) in [5.74, 6) is 0. The Bertz CT molecular complexity index is 178. The predicted octanol–water partition coefficient (Wildman–Crippen LogP) is 7.04. The van der Waals surface area contributed by atoms with E-state index < -0.39 is 0 Å². The van der Waals surface area contributed by atoms with Gasteiger partial charge in [0, 0.05) is 0 Å². The number of hydrogen-bond donors (Lipinski definition) is 0. The van der Waals surface area contributed by atoms with Crippen molar-refractivity contribution >= 4 is 0 Å². The summed E-state index contributed by atoms with van der Waals surface area (Å²) >= 11 is 0. The molecule has 0 aromatic rings. The van der Waals surface area contributed by atoms with E-state index in [1.807, 2.05) is 0 Å². The van der Waals surface area contributed by atoms with Crippen LogP contribution in [0.1, 0.15) is 104 Å². The third-order valence-corrected chi connectivity index (χ3v) is 3.73. The normalized spacial score (nSPS) is 12.1. The Kier molecular flexibility index (Phi) is 14.6. The molecule has 0 nitrogen and oxygen atoms in total. The van der Waals surface area contributed by atoms with Gasteiger partial charge in [0.05, 0.1) is 0 Å². The Morgan fingerprint density at radius 2 is 1.17 bits per heavy atom. The fraction of sp³-hybridized carbons (Fsp3) is 0.889. The molecule has 0 aliphatic heterocycles. The molecule has 0 unspecified atom stereocenters. The molecule has 0 N–H and O–H groups in total. The Balaban J connectivity index is 3.23. The summed E-state index contributed by atoms with van der Waals surface area (Å²) in [5, 5.41) is 0. The van der Waals surface area contributed by atoms with Gasteiger partial charge in [-0.25, -0.2) is 0 Å². The van der Waals surface area contributed by atoms with Crippen LogP contribution in [0.4, 0.5) is 0 Å². The topological polar surface area (TPSA) is 0 Å². The van der Waals surface area contributed by atoms with Gasteiger partial charge in [-0.05, 0) is 32.6 Å². The van der Waals surface area contributed by atoms with Crippen LogP contribution in [0.5, 0.6) is 0 Å². The van der Waals surface area contributed by atoms with Crippen molar-refractivity contribution in [2.24, 2.45) is 0 Å². The first-order chi connectivity index (χ1) is 8.81. The van der Waals surface area contributed by atoms with Crippen LogP contribution in [0.15, 0.2) is 11.6 Å². The molecule has 0 aliphatic rings. The highest BCUT2D eigenvalue weighted by molar-refractivity contribution is 4.97. The van der Waals surface area contributed by atoms with E-state index in [0.29, 0.717) is 0 Å². The Labute approximate surface area is 116 Å². The van der Waals surface area contributed by atoms with Gasteiger partial charge in [0.2, 0.25) is 0 Å². The summed E-state index contributed by atoms with van der Waals surface area (Å²) in [6.45, 7) is 6.88.